The van der Waals surface area contributed by atoms with Crippen LogP contribution in [-0.4, -0.2) is 22.6 Å². The number of nitrogens with zero attached hydrogens (tertiary/aromatic N) is 4. The van der Waals surface area contributed by atoms with Crippen LogP contribution in [0.25, 0.3) is 0 Å². The monoisotopic (exact) mass is 510 g/mol. The Hall–Kier alpha value is -4.46. The first kappa shape index (κ1) is 23.9. The summed E-state index contributed by atoms with van der Waals surface area (Å²) in [4.78, 5) is 33.7. The molecule has 1 atom stereocenters. The number of aromatic nitrogens is 2. The van der Waals surface area contributed by atoms with E-state index in [0.717, 1.165) is 28.7 Å². The minimum absolute atomic E-state index is 0.160. The molecule has 1 unspecified atom stereocenters. The summed E-state index contributed by atoms with van der Waals surface area (Å²) < 4.78 is 22.3. The molecule has 0 fully saturated rings. The highest BCUT2D eigenvalue weighted by atomic mass is 19.1. The highest BCUT2D eigenvalue weighted by molar-refractivity contribution is 6.06. The number of carbonyl (C=O) groups is 1. The molecule has 0 aliphatic carbocycles. The fraction of sp³-hybridized carbons (Fsp3) is 0.233. The van der Waals surface area contributed by atoms with E-state index in [1.807, 2.05) is 55.6 Å². The maximum atomic E-state index is 14.4. The topological polar surface area (TPSA) is 67.7 Å². The summed E-state index contributed by atoms with van der Waals surface area (Å²) in [6.45, 7) is 2.73. The molecule has 4 heterocycles. The maximum Gasteiger partial charge on any atom is 0.329 e. The van der Waals surface area contributed by atoms with Gasteiger partial charge in [0.1, 0.15) is 23.4 Å². The molecule has 2 aromatic heterocycles. The van der Waals surface area contributed by atoms with Crippen molar-refractivity contribution in [2.45, 2.75) is 39.0 Å². The molecule has 38 heavy (non-hydrogen) atoms. The summed E-state index contributed by atoms with van der Waals surface area (Å²) in [7, 11) is 1.68. The first-order valence-corrected chi connectivity index (χ1v) is 12.6. The van der Waals surface area contributed by atoms with Gasteiger partial charge in [-0.3, -0.25) is 19.6 Å². The second-order valence-electron chi connectivity index (χ2n) is 9.83. The zero-order chi connectivity index (χ0) is 26.4. The summed E-state index contributed by atoms with van der Waals surface area (Å²) in [6, 6.07) is 17.9. The predicted molar refractivity (Wildman–Crippen MR) is 143 cm³/mol. The van der Waals surface area contributed by atoms with E-state index in [9.17, 15) is 14.0 Å². The number of rotatable bonds is 4. The number of amides is 2. The van der Waals surface area contributed by atoms with E-state index >= 15 is 0 Å². The van der Waals surface area contributed by atoms with Gasteiger partial charge in [0, 0.05) is 37.1 Å². The van der Waals surface area contributed by atoms with E-state index in [4.69, 9.17) is 4.74 Å². The van der Waals surface area contributed by atoms with Gasteiger partial charge in [-0.25, -0.2) is 9.18 Å². The van der Waals surface area contributed by atoms with Crippen molar-refractivity contribution in [1.82, 2.24) is 9.55 Å². The lowest BCUT2D eigenvalue weighted by atomic mass is 9.97. The summed E-state index contributed by atoms with van der Waals surface area (Å²) in [6.07, 6.45) is 4.25. The van der Waals surface area contributed by atoms with Gasteiger partial charge in [0.2, 0.25) is 0 Å². The van der Waals surface area contributed by atoms with E-state index < -0.39 is 6.10 Å². The predicted octanol–water partition coefficient (Wildman–Crippen LogP) is 5.38. The van der Waals surface area contributed by atoms with Crippen LogP contribution >= 0.6 is 0 Å². The van der Waals surface area contributed by atoms with Crippen molar-refractivity contribution >= 4 is 17.4 Å². The molecule has 2 aliphatic rings. The van der Waals surface area contributed by atoms with Crippen LogP contribution in [0.4, 0.5) is 20.6 Å². The van der Waals surface area contributed by atoms with Gasteiger partial charge in [0.15, 0.2) is 0 Å². The molecule has 6 rings (SSSR count). The molecule has 0 bridgehead atoms. The van der Waals surface area contributed by atoms with E-state index in [1.54, 1.807) is 28.8 Å². The summed E-state index contributed by atoms with van der Waals surface area (Å²) >= 11 is 0. The van der Waals surface area contributed by atoms with Crippen LogP contribution in [0.3, 0.4) is 0 Å². The fourth-order valence-corrected chi connectivity index (χ4v) is 5.32. The zero-order valence-electron chi connectivity index (χ0n) is 21.2. The summed E-state index contributed by atoms with van der Waals surface area (Å²) in [5, 5.41) is 0. The van der Waals surface area contributed by atoms with Crippen molar-refractivity contribution in [3.05, 3.63) is 117 Å². The normalized spacial score (nSPS) is 16.6. The average molecular weight is 511 g/mol. The minimum Gasteiger partial charge on any atom is -0.484 e. The summed E-state index contributed by atoms with van der Waals surface area (Å²) in [5.74, 6) is 0.237. The van der Waals surface area contributed by atoms with Crippen LogP contribution in [-0.2, 0) is 19.5 Å². The van der Waals surface area contributed by atoms with Crippen molar-refractivity contribution in [3.63, 3.8) is 0 Å². The largest absolute Gasteiger partial charge is 0.484 e. The molecular weight excluding hydrogens is 483 g/mol. The average Bonchev–Trinajstić information content (AvgIpc) is 2.92. The van der Waals surface area contributed by atoms with Crippen molar-refractivity contribution < 1.29 is 13.9 Å². The third-order valence-corrected chi connectivity index (χ3v) is 7.29. The molecular formula is C30H27FN4O3. The fourth-order valence-electron chi connectivity index (χ4n) is 5.32. The molecule has 2 aliphatic heterocycles. The van der Waals surface area contributed by atoms with Crippen molar-refractivity contribution in [3.8, 4) is 5.75 Å². The molecule has 8 heteroatoms. The van der Waals surface area contributed by atoms with Gasteiger partial charge in [-0.15, -0.1) is 0 Å². The Balaban J connectivity index is 1.34. The zero-order valence-corrected chi connectivity index (χ0v) is 21.2. The Labute approximate surface area is 219 Å². The SMILES string of the molecule is Cc1cc2c(cc1N1Cc3cn(Cc4ccccc4)c(=O)cc3N(C)C1=O)OC(c1ncccc1F)CC2. The molecule has 2 aromatic carbocycles. The molecule has 4 aromatic rings. The van der Waals surface area contributed by atoms with E-state index in [0.29, 0.717) is 42.3 Å². The number of anilines is 2. The van der Waals surface area contributed by atoms with Crippen molar-refractivity contribution in [2.75, 3.05) is 16.8 Å². The smallest absolute Gasteiger partial charge is 0.329 e. The molecule has 192 valence electrons. The highest BCUT2D eigenvalue weighted by Crippen LogP contribution is 2.40. The van der Waals surface area contributed by atoms with Gasteiger partial charge in [-0.2, -0.15) is 0 Å². The number of fused-ring (bicyclic) bond motifs is 2. The number of carbonyl (C=O) groups excluding carboxylic acids is 1. The third kappa shape index (κ3) is 4.22. The standard InChI is InChI=1S/C30H27FN4O3/c1-19-13-21-10-11-26(29-23(31)9-6-12-32-29)38-27(21)14-24(19)35-18-22-17-34(16-20-7-4-3-5-8-20)28(36)15-25(22)33(2)30(35)37/h3-9,12-15,17,26H,10-11,16,18H2,1-2H3. The van der Waals surface area contributed by atoms with Gasteiger partial charge in [-0.1, -0.05) is 36.4 Å². The Kier molecular flexibility index (Phi) is 5.94. The lowest BCUT2D eigenvalue weighted by molar-refractivity contribution is 0.167. The van der Waals surface area contributed by atoms with Gasteiger partial charge < -0.3 is 9.30 Å². The first-order valence-electron chi connectivity index (χ1n) is 12.6. The number of halogens is 1. The summed E-state index contributed by atoms with van der Waals surface area (Å²) in [5.41, 5.74) is 5.31. The molecule has 7 nitrogen and oxygen atoms in total. The van der Waals surface area contributed by atoms with Crippen LogP contribution in [0.1, 0.15) is 40.5 Å². The number of hydrogen-bond donors (Lipinski definition) is 0. The lowest BCUT2D eigenvalue weighted by Crippen LogP contribution is -2.46. The van der Waals surface area contributed by atoms with E-state index in [1.165, 1.54) is 17.0 Å². The molecule has 2 amide bonds. The van der Waals surface area contributed by atoms with Crippen LogP contribution in [0, 0.1) is 12.7 Å². The lowest BCUT2D eigenvalue weighted by Gasteiger charge is -2.36. The molecule has 0 spiro atoms. The van der Waals surface area contributed by atoms with Gasteiger partial charge in [-0.05, 0) is 48.6 Å². The van der Waals surface area contributed by atoms with Gasteiger partial charge >= 0.3 is 6.03 Å². The number of pyridine rings is 2. The first-order chi connectivity index (χ1) is 18.4. The number of benzene rings is 2. The number of hydrogen-bond acceptors (Lipinski definition) is 4. The van der Waals surface area contributed by atoms with E-state index in [-0.39, 0.29) is 17.4 Å². The maximum absolute atomic E-state index is 14.4. The van der Waals surface area contributed by atoms with Crippen molar-refractivity contribution in [1.29, 1.82) is 0 Å². The number of ether oxygens (including phenoxy) is 1. The Bertz CT molecular complexity index is 1600. The van der Waals surface area contributed by atoms with Crippen LogP contribution < -0.4 is 20.1 Å². The Morgan fingerprint density at radius 2 is 1.84 bits per heavy atom. The second-order valence-corrected chi connectivity index (χ2v) is 9.83. The van der Waals surface area contributed by atoms with E-state index in [2.05, 4.69) is 4.98 Å². The number of urea groups is 1. The Morgan fingerprint density at radius 3 is 2.63 bits per heavy atom. The second kappa shape index (κ2) is 9.45. The minimum atomic E-state index is -0.493. The molecule has 0 saturated heterocycles. The quantitative estimate of drug-likeness (QED) is 0.370. The van der Waals surface area contributed by atoms with Gasteiger partial charge in [0.25, 0.3) is 5.56 Å². The van der Waals surface area contributed by atoms with Crippen LogP contribution in [0.5, 0.6) is 5.75 Å². The third-order valence-electron chi connectivity index (χ3n) is 7.29. The van der Waals surface area contributed by atoms with Gasteiger partial charge in [0.05, 0.1) is 24.5 Å². The Morgan fingerprint density at radius 1 is 1.03 bits per heavy atom. The molecule has 0 N–H and O–H groups in total. The van der Waals surface area contributed by atoms with Crippen LogP contribution in [0.15, 0.2) is 77.9 Å². The van der Waals surface area contributed by atoms with Crippen molar-refractivity contribution in [2.24, 2.45) is 0 Å². The molecule has 0 radical (unpaired) electrons. The van der Waals surface area contributed by atoms with Crippen LogP contribution in [0.2, 0.25) is 0 Å². The number of aryl methyl sites for hydroxylation is 2. The highest BCUT2D eigenvalue weighted by Gasteiger charge is 2.32. The molecule has 0 saturated carbocycles.